The highest BCUT2D eigenvalue weighted by atomic mass is 16.5. The van der Waals surface area contributed by atoms with E-state index in [1.165, 1.54) is 19.3 Å². The molecule has 0 aromatic heterocycles. The van der Waals surface area contributed by atoms with Crippen LogP contribution in [0.2, 0.25) is 0 Å². The van der Waals surface area contributed by atoms with Crippen molar-refractivity contribution >= 4 is 0 Å². The summed E-state index contributed by atoms with van der Waals surface area (Å²) >= 11 is 0. The molecule has 3 nitrogen and oxygen atoms in total. The highest BCUT2D eigenvalue weighted by Crippen LogP contribution is 2.59. The second-order valence-corrected chi connectivity index (χ2v) is 8.04. The zero-order valence-electron chi connectivity index (χ0n) is 13.2. The first kappa shape index (κ1) is 14.4. The fourth-order valence-corrected chi connectivity index (χ4v) is 4.93. The Labute approximate surface area is 123 Å². The Morgan fingerprint density at radius 1 is 1.20 bits per heavy atom. The third-order valence-corrected chi connectivity index (χ3v) is 6.27. The van der Waals surface area contributed by atoms with Crippen LogP contribution in [0, 0.1) is 34.5 Å². The van der Waals surface area contributed by atoms with Gasteiger partial charge in [0.15, 0.2) is 0 Å². The van der Waals surface area contributed by atoms with E-state index in [0.29, 0.717) is 5.41 Å². The second kappa shape index (κ2) is 5.00. The third kappa shape index (κ3) is 2.09. The van der Waals surface area contributed by atoms with Crippen molar-refractivity contribution in [1.29, 1.82) is 5.26 Å². The van der Waals surface area contributed by atoms with Gasteiger partial charge in [0, 0.05) is 18.6 Å². The number of hydrogen-bond acceptors (Lipinski definition) is 3. The van der Waals surface area contributed by atoms with Gasteiger partial charge in [-0.3, -0.25) is 4.90 Å². The highest BCUT2D eigenvalue weighted by molar-refractivity contribution is 5.19. The monoisotopic (exact) mass is 276 g/mol. The van der Waals surface area contributed by atoms with Crippen molar-refractivity contribution in [3.05, 3.63) is 0 Å². The van der Waals surface area contributed by atoms with Gasteiger partial charge < -0.3 is 4.74 Å². The predicted octanol–water partition coefficient (Wildman–Crippen LogP) is 3.06. The van der Waals surface area contributed by atoms with Crippen molar-refractivity contribution in [1.82, 2.24) is 4.90 Å². The minimum absolute atomic E-state index is 0.195. The molecule has 3 fully saturated rings. The summed E-state index contributed by atoms with van der Waals surface area (Å²) in [6, 6.07) is 2.61. The van der Waals surface area contributed by atoms with Gasteiger partial charge in [-0.2, -0.15) is 5.26 Å². The number of hydrogen-bond donors (Lipinski definition) is 0. The maximum absolute atomic E-state index is 9.54. The molecule has 20 heavy (non-hydrogen) atoms. The summed E-state index contributed by atoms with van der Waals surface area (Å²) < 4.78 is 5.51. The Morgan fingerprint density at radius 2 is 1.90 bits per heavy atom. The molecule has 112 valence electrons. The Balaban J connectivity index is 1.79. The SMILES string of the molecule is CC(C)(C)[C@@H]1CC[C@@]2(N3CCOCC3)[C@@H](C1)C[C@@H]2C#N. The van der Waals surface area contributed by atoms with E-state index in [1.807, 2.05) is 0 Å². The van der Waals surface area contributed by atoms with Crippen LogP contribution in [-0.4, -0.2) is 36.7 Å². The van der Waals surface area contributed by atoms with Crippen LogP contribution < -0.4 is 0 Å². The van der Waals surface area contributed by atoms with E-state index in [9.17, 15) is 5.26 Å². The van der Waals surface area contributed by atoms with E-state index < -0.39 is 0 Å². The highest BCUT2D eigenvalue weighted by Gasteiger charge is 2.61. The lowest BCUT2D eigenvalue weighted by molar-refractivity contribution is -0.152. The molecule has 1 aliphatic heterocycles. The largest absolute Gasteiger partial charge is 0.379 e. The normalized spacial score (nSPS) is 42.4. The molecule has 2 saturated carbocycles. The molecule has 3 rings (SSSR count). The fraction of sp³-hybridized carbons (Fsp3) is 0.941. The van der Waals surface area contributed by atoms with Gasteiger partial charge in [-0.05, 0) is 42.9 Å². The van der Waals surface area contributed by atoms with Crippen LogP contribution in [0.4, 0.5) is 0 Å². The molecule has 4 atom stereocenters. The van der Waals surface area contributed by atoms with Gasteiger partial charge in [0.25, 0.3) is 0 Å². The molecule has 1 heterocycles. The van der Waals surface area contributed by atoms with E-state index in [2.05, 4.69) is 31.7 Å². The van der Waals surface area contributed by atoms with Crippen LogP contribution in [0.3, 0.4) is 0 Å². The smallest absolute Gasteiger partial charge is 0.0675 e. The molecule has 3 heteroatoms. The number of nitriles is 1. The Hall–Kier alpha value is -0.590. The summed E-state index contributed by atoms with van der Waals surface area (Å²) in [5.41, 5.74) is 0.606. The van der Waals surface area contributed by atoms with Gasteiger partial charge in [0.1, 0.15) is 0 Å². The van der Waals surface area contributed by atoms with Crippen LogP contribution >= 0.6 is 0 Å². The molecule has 1 saturated heterocycles. The Kier molecular flexibility index (Phi) is 3.59. The topological polar surface area (TPSA) is 36.3 Å². The maximum atomic E-state index is 9.54. The average molecular weight is 276 g/mol. The van der Waals surface area contributed by atoms with Crippen LogP contribution in [0.1, 0.15) is 46.5 Å². The van der Waals surface area contributed by atoms with Gasteiger partial charge in [0.05, 0.1) is 25.2 Å². The van der Waals surface area contributed by atoms with Gasteiger partial charge in [-0.15, -0.1) is 0 Å². The zero-order chi connectivity index (χ0) is 14.4. The van der Waals surface area contributed by atoms with Crippen LogP contribution in [0.15, 0.2) is 0 Å². The standard InChI is InChI=1S/C17H28N2O/c1-16(2,3)13-4-5-17(19-6-8-20-9-7-19)14(10-13)11-15(17)12-18/h13-15H,4-11H2,1-3H3/t13-,14+,15-,17-/m1/s1. The van der Waals surface area contributed by atoms with Crippen molar-refractivity contribution in [3.8, 4) is 6.07 Å². The minimum Gasteiger partial charge on any atom is -0.379 e. The lowest BCUT2D eigenvalue weighted by Crippen LogP contribution is -2.69. The molecule has 0 radical (unpaired) electrons. The molecule has 0 unspecified atom stereocenters. The van der Waals surface area contributed by atoms with Crippen LogP contribution in [0.5, 0.6) is 0 Å². The molecule has 0 spiro atoms. The quantitative estimate of drug-likeness (QED) is 0.738. The zero-order valence-corrected chi connectivity index (χ0v) is 13.2. The summed E-state index contributed by atoms with van der Waals surface area (Å²) in [6.45, 7) is 10.9. The van der Waals surface area contributed by atoms with E-state index in [-0.39, 0.29) is 11.5 Å². The molecular weight excluding hydrogens is 248 g/mol. The molecule has 3 aliphatic rings. The molecule has 0 aromatic carbocycles. The van der Waals surface area contributed by atoms with Crippen molar-refractivity contribution in [2.45, 2.75) is 52.0 Å². The van der Waals surface area contributed by atoms with Crippen molar-refractivity contribution < 1.29 is 4.74 Å². The average Bonchev–Trinajstić information content (AvgIpc) is 2.40. The summed E-state index contributed by atoms with van der Waals surface area (Å²) in [6.07, 6.45) is 4.95. The fourth-order valence-electron chi connectivity index (χ4n) is 4.93. The lowest BCUT2D eigenvalue weighted by atomic mass is 9.48. The molecule has 0 aromatic rings. The van der Waals surface area contributed by atoms with Gasteiger partial charge in [-0.1, -0.05) is 20.8 Å². The molecule has 0 amide bonds. The minimum atomic E-state index is 0.195. The Morgan fingerprint density at radius 3 is 2.45 bits per heavy atom. The first-order chi connectivity index (χ1) is 9.48. The van der Waals surface area contributed by atoms with Crippen molar-refractivity contribution in [3.63, 3.8) is 0 Å². The van der Waals surface area contributed by atoms with Gasteiger partial charge >= 0.3 is 0 Å². The number of nitrogens with zero attached hydrogens (tertiary/aromatic N) is 2. The van der Waals surface area contributed by atoms with E-state index in [0.717, 1.165) is 44.6 Å². The number of fused-ring (bicyclic) bond motifs is 1. The number of rotatable bonds is 1. The summed E-state index contributed by atoms with van der Waals surface area (Å²) in [5.74, 6) is 1.82. The lowest BCUT2D eigenvalue weighted by Gasteiger charge is -2.64. The summed E-state index contributed by atoms with van der Waals surface area (Å²) in [5, 5.41) is 9.54. The molecule has 0 N–H and O–H groups in total. The molecule has 0 bridgehead atoms. The van der Waals surface area contributed by atoms with E-state index in [1.54, 1.807) is 0 Å². The first-order valence-electron chi connectivity index (χ1n) is 8.21. The van der Waals surface area contributed by atoms with Crippen molar-refractivity contribution in [2.75, 3.05) is 26.3 Å². The molecule has 2 aliphatic carbocycles. The summed E-state index contributed by atoms with van der Waals surface area (Å²) in [4.78, 5) is 2.61. The number of ether oxygens (including phenoxy) is 1. The predicted molar refractivity (Wildman–Crippen MR) is 79.1 cm³/mol. The van der Waals surface area contributed by atoms with E-state index >= 15 is 0 Å². The van der Waals surface area contributed by atoms with Crippen LogP contribution in [-0.2, 0) is 4.74 Å². The van der Waals surface area contributed by atoms with Crippen LogP contribution in [0.25, 0.3) is 0 Å². The molecular formula is C17H28N2O. The maximum Gasteiger partial charge on any atom is 0.0675 e. The van der Waals surface area contributed by atoms with Gasteiger partial charge in [-0.25, -0.2) is 0 Å². The second-order valence-electron chi connectivity index (χ2n) is 8.04. The third-order valence-electron chi connectivity index (χ3n) is 6.27. The first-order valence-corrected chi connectivity index (χ1v) is 8.21. The Bertz CT molecular complexity index is 402. The van der Waals surface area contributed by atoms with Gasteiger partial charge in [0.2, 0.25) is 0 Å². The number of morpholine rings is 1. The summed E-state index contributed by atoms with van der Waals surface area (Å²) in [7, 11) is 0. The van der Waals surface area contributed by atoms with E-state index in [4.69, 9.17) is 4.74 Å². The van der Waals surface area contributed by atoms with Crippen molar-refractivity contribution in [2.24, 2.45) is 23.2 Å².